The highest BCUT2D eigenvalue weighted by Gasteiger charge is 1.84. The van der Waals surface area contributed by atoms with E-state index in [1.165, 1.54) is 24.3 Å². The molecule has 0 aliphatic carbocycles. The number of benzene rings is 1. The SMILES string of the molecule is O=CCl.Oc1ccc(O)cc1. The lowest BCUT2D eigenvalue weighted by atomic mass is 10.3. The van der Waals surface area contributed by atoms with Gasteiger partial charge in [-0.25, -0.2) is 0 Å². The van der Waals surface area contributed by atoms with E-state index in [-0.39, 0.29) is 17.2 Å². The lowest BCUT2D eigenvalue weighted by Gasteiger charge is -1.88. The van der Waals surface area contributed by atoms with Crippen LogP contribution in [0.25, 0.3) is 0 Å². The molecule has 0 spiro atoms. The van der Waals surface area contributed by atoms with Gasteiger partial charge in [-0.05, 0) is 35.9 Å². The van der Waals surface area contributed by atoms with Gasteiger partial charge in [0, 0.05) is 0 Å². The number of halogens is 1. The molecule has 1 aromatic rings. The quantitative estimate of drug-likeness (QED) is 0.356. The molecule has 0 heterocycles. The fourth-order valence-electron chi connectivity index (χ4n) is 0.453. The van der Waals surface area contributed by atoms with Gasteiger partial charge >= 0.3 is 0 Å². The summed E-state index contributed by atoms with van der Waals surface area (Å²) in [7, 11) is 0. The minimum absolute atomic E-state index is 0.169. The molecule has 0 amide bonds. The van der Waals surface area contributed by atoms with E-state index in [1.54, 1.807) is 0 Å². The maximum Gasteiger partial charge on any atom is 0.208 e. The zero-order chi connectivity index (χ0) is 8.69. The fourth-order valence-corrected chi connectivity index (χ4v) is 0.453. The summed E-state index contributed by atoms with van der Waals surface area (Å²) in [5, 5.41) is 17.3. The van der Waals surface area contributed by atoms with Gasteiger partial charge < -0.3 is 10.2 Å². The Morgan fingerprint density at radius 2 is 1.27 bits per heavy atom. The number of hydrogen-bond donors (Lipinski definition) is 2. The summed E-state index contributed by atoms with van der Waals surface area (Å²) in [6, 6.07) is 5.70. The maximum atomic E-state index is 8.65. The first-order valence-corrected chi connectivity index (χ1v) is 3.16. The molecule has 0 aromatic heterocycles. The molecule has 3 nitrogen and oxygen atoms in total. The van der Waals surface area contributed by atoms with Crippen molar-refractivity contribution in [3.63, 3.8) is 0 Å². The highest BCUT2D eigenvalue weighted by atomic mass is 35.5. The summed E-state index contributed by atoms with van der Waals surface area (Å²) in [5.74, 6) is 0.561. The summed E-state index contributed by atoms with van der Waals surface area (Å²) < 4.78 is 0. The van der Waals surface area contributed by atoms with Crippen molar-refractivity contribution in [3.05, 3.63) is 24.3 Å². The van der Waals surface area contributed by atoms with Crippen LogP contribution in [-0.2, 0) is 4.79 Å². The van der Waals surface area contributed by atoms with Crippen molar-refractivity contribution in [3.8, 4) is 11.5 Å². The number of aromatic hydroxyl groups is 2. The largest absolute Gasteiger partial charge is 0.508 e. The minimum atomic E-state index is 0.169. The van der Waals surface area contributed by atoms with Gasteiger partial charge in [-0.3, -0.25) is 4.79 Å². The normalized spacial score (nSPS) is 7.73. The van der Waals surface area contributed by atoms with Crippen molar-refractivity contribution in [2.45, 2.75) is 0 Å². The standard InChI is InChI=1S/C6H6O2.CHClO/c7-5-1-2-6(8)4-3-5;2-1-3/h1-4,7-8H;1H. The maximum absolute atomic E-state index is 8.65. The van der Waals surface area contributed by atoms with Gasteiger partial charge in [-0.1, -0.05) is 0 Å². The number of hydrogen-bond acceptors (Lipinski definition) is 3. The zero-order valence-corrected chi connectivity index (χ0v) is 6.32. The molecule has 0 aliphatic rings. The Hall–Kier alpha value is -1.22. The number of phenolic OH excluding ortho intramolecular Hbond substituents is 2. The highest BCUT2D eigenvalue weighted by molar-refractivity contribution is 6.54. The second kappa shape index (κ2) is 5.56. The number of carbonyl (C=O) groups is 1. The van der Waals surface area contributed by atoms with Gasteiger partial charge in [-0.15, -0.1) is 0 Å². The topological polar surface area (TPSA) is 57.5 Å². The summed E-state index contributed by atoms with van der Waals surface area (Å²) in [5.41, 5.74) is 0. The number of rotatable bonds is 0. The summed E-state index contributed by atoms with van der Waals surface area (Å²) in [6.07, 6.45) is 0. The van der Waals surface area contributed by atoms with Crippen LogP contribution in [0.5, 0.6) is 11.5 Å². The van der Waals surface area contributed by atoms with Crippen molar-refractivity contribution in [1.82, 2.24) is 0 Å². The molecule has 0 radical (unpaired) electrons. The molecule has 0 bridgehead atoms. The lowest BCUT2D eigenvalue weighted by Crippen LogP contribution is -1.61. The van der Waals surface area contributed by atoms with Crippen LogP contribution in [0.2, 0.25) is 0 Å². The van der Waals surface area contributed by atoms with Crippen molar-refractivity contribution in [2.75, 3.05) is 0 Å². The lowest BCUT2D eigenvalue weighted by molar-refractivity contribution is 0.460. The monoisotopic (exact) mass is 174 g/mol. The second-order valence-corrected chi connectivity index (χ2v) is 1.78. The van der Waals surface area contributed by atoms with Crippen LogP contribution in [0.15, 0.2) is 24.3 Å². The van der Waals surface area contributed by atoms with Gasteiger partial charge in [0.15, 0.2) is 0 Å². The molecule has 0 aliphatic heterocycles. The van der Waals surface area contributed by atoms with E-state index in [1.807, 2.05) is 0 Å². The molecule has 0 saturated carbocycles. The van der Waals surface area contributed by atoms with Gasteiger partial charge in [-0.2, -0.15) is 0 Å². The van der Waals surface area contributed by atoms with Crippen molar-refractivity contribution >= 4 is 17.3 Å². The second-order valence-electron chi connectivity index (χ2n) is 1.61. The fraction of sp³-hybridized carbons (Fsp3) is 0. The summed E-state index contributed by atoms with van der Waals surface area (Å²) in [4.78, 5) is 8.57. The summed E-state index contributed by atoms with van der Waals surface area (Å²) in [6.45, 7) is 0. The van der Waals surface area contributed by atoms with Crippen molar-refractivity contribution < 1.29 is 15.0 Å². The van der Waals surface area contributed by atoms with Crippen LogP contribution < -0.4 is 0 Å². The highest BCUT2D eigenvalue weighted by Crippen LogP contribution is 2.13. The van der Waals surface area contributed by atoms with Gasteiger partial charge in [0.05, 0.1) is 0 Å². The number of phenols is 2. The Labute approximate surface area is 68.9 Å². The van der Waals surface area contributed by atoms with E-state index in [9.17, 15) is 0 Å². The Morgan fingerprint density at radius 1 is 1.09 bits per heavy atom. The average molecular weight is 175 g/mol. The smallest absolute Gasteiger partial charge is 0.208 e. The molecule has 1 rings (SSSR count). The van der Waals surface area contributed by atoms with E-state index >= 15 is 0 Å². The molecule has 0 unspecified atom stereocenters. The molecule has 4 heteroatoms. The predicted molar refractivity (Wildman–Crippen MR) is 42.4 cm³/mol. The number of carbonyl (C=O) groups excluding carboxylic acids is 1. The van der Waals surface area contributed by atoms with E-state index in [0.717, 1.165) is 0 Å². The third-order valence-corrected chi connectivity index (χ3v) is 0.850. The van der Waals surface area contributed by atoms with Crippen LogP contribution in [0.1, 0.15) is 0 Å². The molecular formula is C7H7ClO3. The van der Waals surface area contributed by atoms with E-state index in [0.29, 0.717) is 0 Å². The predicted octanol–water partition coefficient (Wildman–Crippen LogP) is 1.51. The van der Waals surface area contributed by atoms with Crippen LogP contribution in [0, 0.1) is 0 Å². The first kappa shape index (κ1) is 9.78. The van der Waals surface area contributed by atoms with Crippen LogP contribution in [-0.4, -0.2) is 16.0 Å². The molecule has 2 N–H and O–H groups in total. The molecule has 0 saturated heterocycles. The third kappa shape index (κ3) is 5.24. The van der Waals surface area contributed by atoms with Gasteiger partial charge in [0.1, 0.15) is 11.5 Å². The van der Waals surface area contributed by atoms with Gasteiger partial charge in [0.25, 0.3) is 0 Å². The average Bonchev–Trinajstić information content (AvgIpc) is 1.97. The van der Waals surface area contributed by atoms with E-state index < -0.39 is 0 Å². The molecule has 11 heavy (non-hydrogen) atoms. The minimum Gasteiger partial charge on any atom is -0.508 e. The van der Waals surface area contributed by atoms with Crippen LogP contribution >= 0.6 is 11.6 Å². The van der Waals surface area contributed by atoms with E-state index in [4.69, 9.17) is 15.0 Å². The molecule has 0 atom stereocenters. The molecule has 1 aromatic carbocycles. The Bertz CT molecular complexity index is 186. The molecule has 60 valence electrons. The Morgan fingerprint density at radius 3 is 1.45 bits per heavy atom. The van der Waals surface area contributed by atoms with Crippen LogP contribution in [0.3, 0.4) is 0 Å². The summed E-state index contributed by atoms with van der Waals surface area (Å²) >= 11 is 4.32. The zero-order valence-electron chi connectivity index (χ0n) is 5.57. The third-order valence-electron chi connectivity index (χ3n) is 0.850. The Balaban J connectivity index is 0.000000292. The molecular weight excluding hydrogens is 168 g/mol. The van der Waals surface area contributed by atoms with Crippen molar-refractivity contribution in [1.29, 1.82) is 0 Å². The first-order valence-electron chi connectivity index (χ1n) is 2.72. The first-order chi connectivity index (χ1) is 5.20. The van der Waals surface area contributed by atoms with Gasteiger partial charge in [0.2, 0.25) is 5.75 Å². The van der Waals surface area contributed by atoms with Crippen LogP contribution in [0.4, 0.5) is 0 Å². The van der Waals surface area contributed by atoms with Crippen molar-refractivity contribution in [2.24, 2.45) is 0 Å². The Kier molecular flexibility index (Phi) is 4.94. The molecule has 0 fully saturated rings. The van der Waals surface area contributed by atoms with E-state index in [2.05, 4.69) is 11.6 Å².